The Bertz CT molecular complexity index is 642. The van der Waals surface area contributed by atoms with Crippen LogP contribution in [0, 0.1) is 11.8 Å². The standard InChI is InChI=1S/C21H23NO/c1-15-14-22-13-12-18(15)21(23)20(22)19(16-8-4-2-5-9-16)17-10-6-3-7-11-17/h2-11,15,18-20H,12-14H2,1H3. The fourth-order valence-corrected chi connectivity index (χ4v) is 4.51. The Kier molecular flexibility index (Phi) is 3.78. The van der Waals surface area contributed by atoms with Crippen molar-refractivity contribution in [2.24, 2.45) is 11.8 Å². The molecule has 0 aromatic heterocycles. The summed E-state index contributed by atoms with van der Waals surface area (Å²) in [5, 5.41) is 0. The van der Waals surface area contributed by atoms with Crippen LogP contribution in [0.2, 0.25) is 0 Å². The van der Waals surface area contributed by atoms with Gasteiger partial charge in [-0.3, -0.25) is 9.69 Å². The lowest BCUT2D eigenvalue weighted by Crippen LogP contribution is -2.60. The lowest BCUT2D eigenvalue weighted by molar-refractivity contribution is -0.141. The van der Waals surface area contributed by atoms with Gasteiger partial charge in [-0.05, 0) is 30.0 Å². The van der Waals surface area contributed by atoms with Gasteiger partial charge in [0.2, 0.25) is 0 Å². The van der Waals surface area contributed by atoms with Gasteiger partial charge in [0.15, 0.2) is 5.78 Å². The van der Waals surface area contributed by atoms with Gasteiger partial charge in [0, 0.05) is 18.4 Å². The number of hydrogen-bond donors (Lipinski definition) is 0. The molecular weight excluding hydrogens is 282 g/mol. The minimum absolute atomic E-state index is 0.00486. The Morgan fingerprint density at radius 1 is 0.957 bits per heavy atom. The van der Waals surface area contributed by atoms with Crippen LogP contribution in [0.25, 0.3) is 0 Å². The minimum atomic E-state index is -0.00486. The molecule has 2 bridgehead atoms. The van der Waals surface area contributed by atoms with Crippen molar-refractivity contribution in [3.63, 3.8) is 0 Å². The lowest BCUT2D eigenvalue weighted by Gasteiger charge is -2.50. The minimum Gasteiger partial charge on any atom is -0.298 e. The van der Waals surface area contributed by atoms with Gasteiger partial charge in [0.1, 0.15) is 0 Å². The van der Waals surface area contributed by atoms with E-state index in [0.29, 0.717) is 11.7 Å². The third-order valence-corrected chi connectivity index (χ3v) is 5.62. The summed E-state index contributed by atoms with van der Waals surface area (Å²) < 4.78 is 0. The molecule has 0 radical (unpaired) electrons. The van der Waals surface area contributed by atoms with Crippen molar-refractivity contribution in [2.45, 2.75) is 25.3 Å². The van der Waals surface area contributed by atoms with Gasteiger partial charge in [-0.2, -0.15) is 0 Å². The fraction of sp³-hybridized carbons (Fsp3) is 0.381. The smallest absolute Gasteiger partial charge is 0.154 e. The van der Waals surface area contributed by atoms with Crippen molar-refractivity contribution in [2.75, 3.05) is 13.1 Å². The largest absolute Gasteiger partial charge is 0.298 e. The number of benzene rings is 2. The fourth-order valence-electron chi connectivity index (χ4n) is 4.51. The molecule has 3 heterocycles. The Morgan fingerprint density at radius 2 is 1.52 bits per heavy atom. The van der Waals surface area contributed by atoms with Crippen molar-refractivity contribution in [3.05, 3.63) is 71.8 Å². The van der Waals surface area contributed by atoms with Gasteiger partial charge < -0.3 is 0 Å². The van der Waals surface area contributed by atoms with E-state index in [2.05, 4.69) is 60.4 Å². The summed E-state index contributed by atoms with van der Waals surface area (Å²) in [7, 11) is 0. The normalized spacial score (nSPS) is 29.9. The molecular formula is C21H23NO. The van der Waals surface area contributed by atoms with E-state index < -0.39 is 0 Å². The number of Topliss-reactive ketones (excluding diaryl/α,β-unsaturated/α-hetero) is 1. The second-order valence-electron chi connectivity index (χ2n) is 7.01. The van der Waals surface area contributed by atoms with Gasteiger partial charge in [-0.25, -0.2) is 0 Å². The van der Waals surface area contributed by atoms with Crippen LogP contribution in [0.5, 0.6) is 0 Å². The molecule has 2 aromatic carbocycles. The first-order chi connectivity index (χ1) is 11.3. The Hall–Kier alpha value is -1.93. The number of carbonyl (C=O) groups excluding carboxylic acids is 1. The summed E-state index contributed by atoms with van der Waals surface area (Å²) in [5.41, 5.74) is 2.49. The highest BCUT2D eigenvalue weighted by atomic mass is 16.1. The predicted octanol–water partition coefficient (Wildman–Crippen LogP) is 3.73. The van der Waals surface area contributed by atoms with Gasteiger partial charge in [0.05, 0.1) is 6.04 Å². The number of carbonyl (C=O) groups is 1. The molecule has 0 amide bonds. The quantitative estimate of drug-likeness (QED) is 0.861. The summed E-state index contributed by atoms with van der Waals surface area (Å²) >= 11 is 0. The SMILES string of the molecule is CC1CN2CCC1C(=O)C2C(c1ccccc1)c1ccccc1. The number of nitrogens with zero attached hydrogens (tertiary/aromatic N) is 1. The van der Waals surface area contributed by atoms with Crippen LogP contribution in [0.3, 0.4) is 0 Å². The van der Waals surface area contributed by atoms with E-state index >= 15 is 0 Å². The molecule has 4 atom stereocenters. The Morgan fingerprint density at radius 3 is 2.00 bits per heavy atom. The topological polar surface area (TPSA) is 20.3 Å². The molecule has 4 unspecified atom stereocenters. The molecule has 2 aromatic rings. The van der Waals surface area contributed by atoms with Gasteiger partial charge >= 0.3 is 0 Å². The van der Waals surface area contributed by atoms with Crippen LogP contribution >= 0.6 is 0 Å². The highest BCUT2D eigenvalue weighted by molar-refractivity contribution is 5.89. The highest BCUT2D eigenvalue weighted by Gasteiger charge is 2.48. The highest BCUT2D eigenvalue weighted by Crippen LogP contribution is 2.41. The second kappa shape index (κ2) is 5.93. The first-order valence-corrected chi connectivity index (χ1v) is 8.63. The molecule has 3 fully saturated rings. The molecule has 118 valence electrons. The van der Waals surface area contributed by atoms with Crippen LogP contribution in [-0.4, -0.2) is 29.8 Å². The molecule has 0 aliphatic carbocycles. The van der Waals surface area contributed by atoms with E-state index in [1.165, 1.54) is 11.1 Å². The third kappa shape index (κ3) is 2.51. The van der Waals surface area contributed by atoms with E-state index in [0.717, 1.165) is 19.5 Å². The zero-order chi connectivity index (χ0) is 15.8. The molecule has 2 nitrogen and oxygen atoms in total. The molecule has 3 aliphatic rings. The van der Waals surface area contributed by atoms with E-state index in [4.69, 9.17) is 0 Å². The molecule has 2 heteroatoms. The van der Waals surface area contributed by atoms with Crippen molar-refractivity contribution < 1.29 is 4.79 Å². The molecule has 3 aliphatic heterocycles. The molecule has 0 saturated carbocycles. The average Bonchev–Trinajstić information content (AvgIpc) is 2.59. The molecule has 23 heavy (non-hydrogen) atoms. The zero-order valence-corrected chi connectivity index (χ0v) is 13.6. The predicted molar refractivity (Wildman–Crippen MR) is 92.4 cm³/mol. The van der Waals surface area contributed by atoms with E-state index in [-0.39, 0.29) is 17.9 Å². The maximum Gasteiger partial charge on any atom is 0.154 e. The molecule has 5 rings (SSSR count). The van der Waals surface area contributed by atoms with Crippen LogP contribution < -0.4 is 0 Å². The molecule has 0 N–H and O–H groups in total. The van der Waals surface area contributed by atoms with Gasteiger partial charge in [0.25, 0.3) is 0 Å². The van der Waals surface area contributed by atoms with Crippen LogP contribution in [0.1, 0.15) is 30.4 Å². The summed E-state index contributed by atoms with van der Waals surface area (Å²) in [6.07, 6.45) is 1.03. The number of ketones is 1. The second-order valence-corrected chi connectivity index (χ2v) is 7.01. The first kappa shape index (κ1) is 14.6. The summed E-state index contributed by atoms with van der Waals surface area (Å²) in [5.74, 6) is 1.34. The van der Waals surface area contributed by atoms with E-state index in [9.17, 15) is 4.79 Å². The summed E-state index contributed by atoms with van der Waals surface area (Å²) in [6, 6.07) is 21.1. The maximum absolute atomic E-state index is 13.1. The Balaban J connectivity index is 1.79. The monoisotopic (exact) mass is 305 g/mol. The van der Waals surface area contributed by atoms with E-state index in [1.54, 1.807) is 0 Å². The maximum atomic E-state index is 13.1. The van der Waals surface area contributed by atoms with Gasteiger partial charge in [-0.1, -0.05) is 67.6 Å². The Labute approximate surface area is 138 Å². The van der Waals surface area contributed by atoms with Gasteiger partial charge in [-0.15, -0.1) is 0 Å². The number of fused-ring (bicyclic) bond motifs is 3. The van der Waals surface area contributed by atoms with Crippen LogP contribution in [-0.2, 0) is 4.79 Å². The van der Waals surface area contributed by atoms with Crippen molar-refractivity contribution in [1.82, 2.24) is 4.90 Å². The average molecular weight is 305 g/mol. The van der Waals surface area contributed by atoms with Crippen molar-refractivity contribution in [1.29, 1.82) is 0 Å². The van der Waals surface area contributed by atoms with Crippen LogP contribution in [0.4, 0.5) is 0 Å². The van der Waals surface area contributed by atoms with Crippen molar-refractivity contribution >= 4 is 5.78 Å². The summed E-state index contributed by atoms with van der Waals surface area (Å²) in [6.45, 7) is 4.34. The first-order valence-electron chi connectivity index (χ1n) is 8.63. The van der Waals surface area contributed by atoms with E-state index in [1.807, 2.05) is 12.1 Å². The number of piperidine rings is 3. The summed E-state index contributed by atoms with van der Waals surface area (Å²) in [4.78, 5) is 15.6. The molecule has 0 spiro atoms. The number of rotatable bonds is 3. The van der Waals surface area contributed by atoms with Crippen LogP contribution in [0.15, 0.2) is 60.7 Å². The number of hydrogen-bond acceptors (Lipinski definition) is 2. The lowest BCUT2D eigenvalue weighted by atomic mass is 9.69. The van der Waals surface area contributed by atoms with Crippen molar-refractivity contribution in [3.8, 4) is 0 Å². The third-order valence-electron chi connectivity index (χ3n) is 5.62. The molecule has 3 saturated heterocycles. The zero-order valence-electron chi connectivity index (χ0n) is 13.6.